The fourth-order valence-electron chi connectivity index (χ4n) is 4.24. The Labute approximate surface area is 143 Å². The molecule has 2 heterocycles. The molecule has 4 nitrogen and oxygen atoms in total. The van der Waals surface area contributed by atoms with Crippen LogP contribution < -0.4 is 4.90 Å². The van der Waals surface area contributed by atoms with Crippen molar-refractivity contribution in [2.45, 2.75) is 38.0 Å². The molecule has 1 atom stereocenters. The Morgan fingerprint density at radius 3 is 2.71 bits per heavy atom. The molecule has 0 unspecified atom stereocenters. The third-order valence-electron chi connectivity index (χ3n) is 5.61. The lowest BCUT2D eigenvalue weighted by molar-refractivity contribution is -0.127. The summed E-state index contributed by atoms with van der Waals surface area (Å²) in [5.41, 5.74) is 2.34. The number of allylic oxidation sites excluding steroid dienone is 2. The first-order chi connectivity index (χ1) is 11.7. The van der Waals surface area contributed by atoms with Gasteiger partial charge in [-0.3, -0.25) is 9.59 Å². The predicted octanol–water partition coefficient (Wildman–Crippen LogP) is 3.10. The monoisotopic (exact) mass is 324 g/mol. The average Bonchev–Trinajstić information content (AvgIpc) is 3.33. The number of benzene rings is 1. The van der Waals surface area contributed by atoms with Gasteiger partial charge in [0.2, 0.25) is 11.8 Å². The number of hydrogen-bond donors (Lipinski definition) is 0. The molecule has 3 aliphatic rings. The van der Waals surface area contributed by atoms with E-state index in [1.165, 1.54) is 5.56 Å². The lowest BCUT2D eigenvalue weighted by atomic mass is 9.98. The molecule has 0 N–H and O–H groups in total. The van der Waals surface area contributed by atoms with Crippen LogP contribution in [0.5, 0.6) is 0 Å². The molecule has 126 valence electrons. The number of rotatable bonds is 4. The fraction of sp³-hybridized carbons (Fsp3) is 0.500. The van der Waals surface area contributed by atoms with Crippen LogP contribution in [0.15, 0.2) is 36.4 Å². The summed E-state index contributed by atoms with van der Waals surface area (Å²) < 4.78 is 0. The number of likely N-dealkylation sites (tertiary alicyclic amines) is 1. The van der Waals surface area contributed by atoms with E-state index in [1.54, 1.807) is 0 Å². The van der Waals surface area contributed by atoms with Crippen molar-refractivity contribution in [1.82, 2.24) is 4.90 Å². The molecule has 0 bridgehead atoms. The Hall–Kier alpha value is -2.10. The first-order valence-electron chi connectivity index (χ1n) is 9.07. The van der Waals surface area contributed by atoms with E-state index in [0.717, 1.165) is 51.0 Å². The van der Waals surface area contributed by atoms with Crippen LogP contribution in [0.2, 0.25) is 0 Å². The quantitative estimate of drug-likeness (QED) is 0.799. The zero-order chi connectivity index (χ0) is 16.5. The highest BCUT2D eigenvalue weighted by Gasteiger charge is 2.35. The molecule has 0 spiro atoms. The van der Waals surface area contributed by atoms with Crippen molar-refractivity contribution in [3.8, 4) is 0 Å². The maximum Gasteiger partial charge on any atom is 0.230 e. The summed E-state index contributed by atoms with van der Waals surface area (Å²) in [6, 6.07) is 8.28. The van der Waals surface area contributed by atoms with Gasteiger partial charge in [-0.25, -0.2) is 0 Å². The van der Waals surface area contributed by atoms with E-state index in [1.807, 2.05) is 15.9 Å². The highest BCUT2D eigenvalue weighted by atomic mass is 16.2. The van der Waals surface area contributed by atoms with Crippen molar-refractivity contribution in [2.24, 2.45) is 5.92 Å². The molecule has 1 aromatic carbocycles. The number of amides is 2. The highest BCUT2D eigenvalue weighted by molar-refractivity contribution is 5.97. The summed E-state index contributed by atoms with van der Waals surface area (Å²) in [5.74, 6) is 0.989. The van der Waals surface area contributed by atoms with E-state index in [2.05, 4.69) is 30.4 Å². The van der Waals surface area contributed by atoms with E-state index < -0.39 is 0 Å². The lowest BCUT2D eigenvalue weighted by Crippen LogP contribution is -2.35. The molecule has 0 radical (unpaired) electrons. The number of para-hydroxylation sites is 1. The third kappa shape index (κ3) is 2.74. The van der Waals surface area contributed by atoms with Gasteiger partial charge >= 0.3 is 0 Å². The summed E-state index contributed by atoms with van der Waals surface area (Å²) in [7, 11) is 0. The van der Waals surface area contributed by atoms with Crippen LogP contribution in [-0.4, -0.2) is 36.3 Å². The molecule has 1 aromatic rings. The Balaban J connectivity index is 1.48. The maximum absolute atomic E-state index is 12.9. The van der Waals surface area contributed by atoms with Crippen molar-refractivity contribution in [3.05, 3.63) is 42.0 Å². The van der Waals surface area contributed by atoms with Gasteiger partial charge in [-0.05, 0) is 37.3 Å². The molecular formula is C20H24N2O2. The van der Waals surface area contributed by atoms with Crippen molar-refractivity contribution < 1.29 is 9.59 Å². The van der Waals surface area contributed by atoms with Crippen LogP contribution in [-0.2, 0) is 9.59 Å². The van der Waals surface area contributed by atoms with E-state index in [0.29, 0.717) is 12.3 Å². The van der Waals surface area contributed by atoms with Crippen molar-refractivity contribution >= 4 is 17.5 Å². The number of hydrogen-bond acceptors (Lipinski definition) is 2. The molecule has 2 aliphatic heterocycles. The smallest absolute Gasteiger partial charge is 0.230 e. The average molecular weight is 324 g/mol. The minimum atomic E-state index is 0.108. The molecule has 24 heavy (non-hydrogen) atoms. The number of anilines is 1. The second-order valence-corrected chi connectivity index (χ2v) is 7.12. The summed E-state index contributed by atoms with van der Waals surface area (Å²) in [4.78, 5) is 28.7. The Morgan fingerprint density at radius 1 is 1.17 bits per heavy atom. The zero-order valence-corrected chi connectivity index (χ0v) is 14.0. The molecular weight excluding hydrogens is 300 g/mol. The van der Waals surface area contributed by atoms with Gasteiger partial charge in [0, 0.05) is 43.6 Å². The van der Waals surface area contributed by atoms with Crippen LogP contribution in [0, 0.1) is 5.92 Å². The summed E-state index contributed by atoms with van der Waals surface area (Å²) >= 11 is 0. The van der Waals surface area contributed by atoms with Crippen molar-refractivity contribution in [3.63, 3.8) is 0 Å². The van der Waals surface area contributed by atoms with Crippen LogP contribution in [0.1, 0.15) is 43.6 Å². The zero-order valence-electron chi connectivity index (χ0n) is 14.0. The largest absolute Gasteiger partial charge is 0.343 e. The van der Waals surface area contributed by atoms with Crippen LogP contribution in [0.3, 0.4) is 0 Å². The van der Waals surface area contributed by atoms with E-state index in [9.17, 15) is 9.59 Å². The maximum atomic E-state index is 12.9. The number of carbonyl (C=O) groups excluding carboxylic acids is 2. The second-order valence-electron chi connectivity index (χ2n) is 7.12. The molecule has 2 amide bonds. The molecule has 4 heteroatoms. The SMILES string of the molecule is O=C1CCCN1CC[C@@H]1CN(C(=O)C2CC=CC2)c2ccccc21. The Morgan fingerprint density at radius 2 is 1.96 bits per heavy atom. The summed E-state index contributed by atoms with van der Waals surface area (Å²) in [6.45, 7) is 2.46. The molecule has 4 rings (SSSR count). The Bertz CT molecular complexity index is 674. The first kappa shape index (κ1) is 15.4. The van der Waals surface area contributed by atoms with Crippen molar-refractivity contribution in [2.75, 3.05) is 24.5 Å². The van der Waals surface area contributed by atoms with Crippen LogP contribution >= 0.6 is 0 Å². The van der Waals surface area contributed by atoms with Gasteiger partial charge in [0.1, 0.15) is 0 Å². The van der Waals surface area contributed by atoms with Gasteiger partial charge in [0.25, 0.3) is 0 Å². The lowest BCUT2D eigenvalue weighted by Gasteiger charge is -2.22. The van der Waals surface area contributed by atoms with E-state index in [4.69, 9.17) is 0 Å². The predicted molar refractivity (Wildman–Crippen MR) is 93.8 cm³/mol. The van der Waals surface area contributed by atoms with Gasteiger partial charge in [0.05, 0.1) is 0 Å². The Kier molecular flexibility index (Phi) is 4.13. The molecule has 1 aliphatic carbocycles. The molecule has 1 fully saturated rings. The van der Waals surface area contributed by atoms with Gasteiger partial charge in [-0.2, -0.15) is 0 Å². The fourth-order valence-corrected chi connectivity index (χ4v) is 4.24. The standard InChI is InChI=1S/C20H24N2O2/c23-19-10-5-12-21(19)13-11-16-14-22(18-9-4-3-8-17(16)18)20(24)15-6-1-2-7-15/h1-4,8-9,15-16H,5-7,10-14H2/t16-/m1/s1. The first-order valence-corrected chi connectivity index (χ1v) is 9.07. The third-order valence-corrected chi connectivity index (χ3v) is 5.61. The van der Waals surface area contributed by atoms with E-state index in [-0.39, 0.29) is 17.7 Å². The number of fused-ring (bicyclic) bond motifs is 1. The summed E-state index contributed by atoms with van der Waals surface area (Å²) in [6.07, 6.45) is 8.58. The minimum Gasteiger partial charge on any atom is -0.343 e. The second kappa shape index (κ2) is 6.42. The molecule has 0 aromatic heterocycles. The van der Waals surface area contributed by atoms with Gasteiger partial charge < -0.3 is 9.80 Å². The minimum absolute atomic E-state index is 0.108. The molecule has 0 saturated carbocycles. The van der Waals surface area contributed by atoms with E-state index >= 15 is 0 Å². The van der Waals surface area contributed by atoms with Gasteiger partial charge in [-0.1, -0.05) is 30.4 Å². The number of carbonyl (C=O) groups is 2. The topological polar surface area (TPSA) is 40.6 Å². The van der Waals surface area contributed by atoms with Crippen LogP contribution in [0.25, 0.3) is 0 Å². The summed E-state index contributed by atoms with van der Waals surface area (Å²) in [5, 5.41) is 0. The molecule has 1 saturated heterocycles. The van der Waals surface area contributed by atoms with Crippen LogP contribution in [0.4, 0.5) is 5.69 Å². The van der Waals surface area contributed by atoms with Crippen molar-refractivity contribution in [1.29, 1.82) is 0 Å². The van der Waals surface area contributed by atoms with Gasteiger partial charge in [-0.15, -0.1) is 0 Å². The van der Waals surface area contributed by atoms with Gasteiger partial charge in [0.15, 0.2) is 0 Å². The highest BCUT2D eigenvalue weighted by Crippen LogP contribution is 2.39. The normalized spacial score (nSPS) is 23.3. The number of nitrogens with zero attached hydrogens (tertiary/aromatic N) is 2.